The Kier molecular flexibility index (Phi) is 7.50. The van der Waals surface area contributed by atoms with Crippen LogP contribution in [0.5, 0.6) is 11.5 Å². The van der Waals surface area contributed by atoms with Gasteiger partial charge in [0.2, 0.25) is 5.91 Å². The molecule has 2 amide bonds. The number of piperidine rings is 1. The van der Waals surface area contributed by atoms with Gasteiger partial charge in [0.05, 0.1) is 19.1 Å². The van der Waals surface area contributed by atoms with E-state index >= 15 is 0 Å². The molecule has 7 heteroatoms. The van der Waals surface area contributed by atoms with Crippen molar-refractivity contribution in [3.05, 3.63) is 59.7 Å². The average molecular weight is 465 g/mol. The van der Waals surface area contributed by atoms with Crippen LogP contribution in [0.3, 0.4) is 0 Å². The molecule has 180 valence electrons. The average Bonchev–Trinajstić information content (AvgIpc) is 2.86. The number of Topliss-reactive ketones (excluding diaryl/α,β-unsaturated/α-hetero) is 1. The van der Waals surface area contributed by atoms with E-state index in [0.29, 0.717) is 67.9 Å². The molecule has 2 aliphatic heterocycles. The summed E-state index contributed by atoms with van der Waals surface area (Å²) in [5, 5.41) is 2.92. The lowest BCUT2D eigenvalue weighted by Gasteiger charge is -2.44. The molecule has 0 aliphatic carbocycles. The summed E-state index contributed by atoms with van der Waals surface area (Å²) < 4.78 is 11.5. The summed E-state index contributed by atoms with van der Waals surface area (Å²) in [7, 11) is 1.58. The van der Waals surface area contributed by atoms with Gasteiger partial charge in [-0.3, -0.25) is 14.4 Å². The van der Waals surface area contributed by atoms with Crippen LogP contribution in [-0.4, -0.2) is 54.8 Å². The van der Waals surface area contributed by atoms with Gasteiger partial charge in [0.15, 0.2) is 5.78 Å². The summed E-state index contributed by atoms with van der Waals surface area (Å²) >= 11 is 0. The number of carbonyl (C=O) groups is 3. The molecule has 2 aromatic carbocycles. The zero-order chi connectivity index (χ0) is 24.0. The highest BCUT2D eigenvalue weighted by molar-refractivity contribution is 6.00. The van der Waals surface area contributed by atoms with E-state index in [1.54, 1.807) is 37.4 Å². The van der Waals surface area contributed by atoms with Gasteiger partial charge >= 0.3 is 0 Å². The molecule has 2 aromatic rings. The summed E-state index contributed by atoms with van der Waals surface area (Å²) in [5.41, 5.74) is 0.711. The molecule has 0 saturated carbocycles. The van der Waals surface area contributed by atoms with Gasteiger partial charge in [0.25, 0.3) is 5.91 Å². The van der Waals surface area contributed by atoms with E-state index in [-0.39, 0.29) is 17.6 Å². The zero-order valence-corrected chi connectivity index (χ0v) is 19.7. The summed E-state index contributed by atoms with van der Waals surface area (Å²) in [6.45, 7) is 1.81. The standard InChI is InChI=1S/C27H32N2O5/c1-33-21-11-12-24-22(18-21)23(30)19-27(34-24)13-16-29(17-14-27)25(31)10-6-3-7-15-28-26(32)20-8-4-2-5-9-20/h2,4-5,8-9,11-12,18H,3,6-7,10,13-17,19H2,1H3,(H,28,32). The Hall–Kier alpha value is -3.35. The fourth-order valence-corrected chi connectivity index (χ4v) is 4.67. The first-order valence-corrected chi connectivity index (χ1v) is 12.0. The number of unbranched alkanes of at least 4 members (excludes halogenated alkanes) is 2. The first kappa shape index (κ1) is 23.8. The molecule has 1 N–H and O–H groups in total. The summed E-state index contributed by atoms with van der Waals surface area (Å²) in [6, 6.07) is 14.5. The van der Waals surface area contributed by atoms with Crippen LogP contribution in [0.15, 0.2) is 48.5 Å². The number of hydrogen-bond acceptors (Lipinski definition) is 5. The molecule has 7 nitrogen and oxygen atoms in total. The zero-order valence-electron chi connectivity index (χ0n) is 19.7. The van der Waals surface area contributed by atoms with Crippen LogP contribution < -0.4 is 14.8 Å². The van der Waals surface area contributed by atoms with Crippen molar-refractivity contribution in [2.24, 2.45) is 0 Å². The van der Waals surface area contributed by atoms with E-state index in [1.165, 1.54) is 0 Å². The number of carbonyl (C=O) groups excluding carboxylic acids is 3. The van der Waals surface area contributed by atoms with Crippen LogP contribution in [-0.2, 0) is 4.79 Å². The lowest BCUT2D eigenvalue weighted by atomic mass is 9.82. The maximum atomic E-state index is 12.8. The molecule has 4 rings (SSSR count). The number of benzene rings is 2. The molecule has 2 heterocycles. The third kappa shape index (κ3) is 5.58. The Balaban J connectivity index is 1.16. The minimum Gasteiger partial charge on any atom is -0.497 e. The number of likely N-dealkylation sites (tertiary alicyclic amines) is 1. The van der Waals surface area contributed by atoms with Crippen molar-refractivity contribution >= 4 is 17.6 Å². The predicted octanol–water partition coefficient (Wildman–Crippen LogP) is 4.01. The minimum atomic E-state index is -0.521. The number of ether oxygens (including phenoxy) is 2. The molecule has 0 radical (unpaired) electrons. The van der Waals surface area contributed by atoms with Gasteiger partial charge in [-0.25, -0.2) is 0 Å². The molecule has 0 bridgehead atoms. The van der Waals surface area contributed by atoms with E-state index < -0.39 is 5.60 Å². The molecular formula is C27H32N2O5. The Labute approximate surface area is 200 Å². The normalized spacial score (nSPS) is 16.5. The fourth-order valence-electron chi connectivity index (χ4n) is 4.67. The Morgan fingerprint density at radius 3 is 2.56 bits per heavy atom. The van der Waals surface area contributed by atoms with Crippen molar-refractivity contribution in [3.63, 3.8) is 0 Å². The second-order valence-electron chi connectivity index (χ2n) is 9.06. The molecule has 1 saturated heterocycles. The van der Waals surface area contributed by atoms with Crippen LogP contribution in [0.25, 0.3) is 0 Å². The van der Waals surface area contributed by atoms with Crippen LogP contribution in [0, 0.1) is 0 Å². The van der Waals surface area contributed by atoms with Crippen molar-refractivity contribution in [1.29, 1.82) is 0 Å². The van der Waals surface area contributed by atoms with Crippen LogP contribution in [0.4, 0.5) is 0 Å². The number of fused-ring (bicyclic) bond motifs is 1. The van der Waals surface area contributed by atoms with E-state index in [2.05, 4.69) is 5.32 Å². The maximum absolute atomic E-state index is 12.8. The third-order valence-corrected chi connectivity index (χ3v) is 6.71. The topological polar surface area (TPSA) is 84.9 Å². The highest BCUT2D eigenvalue weighted by Crippen LogP contribution is 2.40. The van der Waals surface area contributed by atoms with E-state index in [4.69, 9.17) is 9.47 Å². The van der Waals surface area contributed by atoms with E-state index in [9.17, 15) is 14.4 Å². The number of hydrogen-bond donors (Lipinski definition) is 1. The number of rotatable bonds is 8. The predicted molar refractivity (Wildman–Crippen MR) is 128 cm³/mol. The van der Waals surface area contributed by atoms with E-state index in [1.807, 2.05) is 23.1 Å². The highest BCUT2D eigenvalue weighted by atomic mass is 16.5. The molecule has 2 aliphatic rings. The van der Waals surface area contributed by atoms with Crippen molar-refractivity contribution in [1.82, 2.24) is 10.2 Å². The van der Waals surface area contributed by atoms with Gasteiger partial charge in [0.1, 0.15) is 17.1 Å². The summed E-state index contributed by atoms with van der Waals surface area (Å²) in [6.07, 6.45) is 4.67. The van der Waals surface area contributed by atoms with Gasteiger partial charge in [-0.2, -0.15) is 0 Å². The third-order valence-electron chi connectivity index (χ3n) is 6.71. The van der Waals surface area contributed by atoms with Crippen molar-refractivity contribution in [2.45, 2.75) is 50.5 Å². The second-order valence-corrected chi connectivity index (χ2v) is 9.06. The monoisotopic (exact) mass is 464 g/mol. The minimum absolute atomic E-state index is 0.0657. The van der Waals surface area contributed by atoms with Crippen molar-refractivity contribution in [3.8, 4) is 11.5 Å². The van der Waals surface area contributed by atoms with Gasteiger partial charge in [-0.05, 0) is 43.2 Å². The molecule has 1 fully saturated rings. The SMILES string of the molecule is COc1ccc2c(c1)C(=O)CC1(CCN(C(=O)CCCCCNC(=O)c3ccccc3)CC1)O2. The lowest BCUT2D eigenvalue weighted by Crippen LogP contribution is -2.52. The Bertz CT molecular complexity index is 1030. The van der Waals surface area contributed by atoms with Crippen molar-refractivity contribution < 1.29 is 23.9 Å². The maximum Gasteiger partial charge on any atom is 0.251 e. The largest absolute Gasteiger partial charge is 0.497 e. The van der Waals surface area contributed by atoms with Crippen LogP contribution in [0.2, 0.25) is 0 Å². The first-order chi connectivity index (χ1) is 16.5. The molecule has 0 atom stereocenters. The molecule has 34 heavy (non-hydrogen) atoms. The fraction of sp³-hybridized carbons (Fsp3) is 0.444. The van der Waals surface area contributed by atoms with Gasteiger partial charge in [-0.15, -0.1) is 0 Å². The molecule has 0 aromatic heterocycles. The molecule has 1 spiro atoms. The number of amides is 2. The summed E-state index contributed by atoms with van der Waals surface area (Å²) in [4.78, 5) is 39.3. The molecule has 0 unspecified atom stereocenters. The molecular weight excluding hydrogens is 432 g/mol. The second kappa shape index (κ2) is 10.7. The van der Waals surface area contributed by atoms with Crippen LogP contribution in [0.1, 0.15) is 65.7 Å². The van der Waals surface area contributed by atoms with Crippen molar-refractivity contribution in [2.75, 3.05) is 26.7 Å². The smallest absolute Gasteiger partial charge is 0.251 e. The number of ketones is 1. The van der Waals surface area contributed by atoms with Gasteiger partial charge in [-0.1, -0.05) is 24.6 Å². The van der Waals surface area contributed by atoms with E-state index in [0.717, 1.165) is 19.3 Å². The number of nitrogens with zero attached hydrogens (tertiary/aromatic N) is 1. The lowest BCUT2D eigenvalue weighted by molar-refractivity contribution is -0.134. The Morgan fingerprint density at radius 1 is 1.06 bits per heavy atom. The Morgan fingerprint density at radius 2 is 1.82 bits per heavy atom. The summed E-state index contributed by atoms with van der Waals surface area (Å²) in [5.74, 6) is 1.40. The van der Waals surface area contributed by atoms with Crippen LogP contribution >= 0.6 is 0 Å². The number of nitrogens with one attached hydrogen (secondary N) is 1. The first-order valence-electron chi connectivity index (χ1n) is 12.0. The van der Waals surface area contributed by atoms with Gasteiger partial charge in [0, 0.05) is 44.5 Å². The van der Waals surface area contributed by atoms with Gasteiger partial charge < -0.3 is 19.7 Å². The quantitative estimate of drug-likeness (QED) is 0.597. The highest BCUT2D eigenvalue weighted by Gasteiger charge is 2.43. The number of methoxy groups -OCH3 is 1.